The van der Waals surface area contributed by atoms with Gasteiger partial charge in [0.2, 0.25) is 17.7 Å². The largest absolute Gasteiger partial charge is 0.494 e. The van der Waals surface area contributed by atoms with E-state index in [4.69, 9.17) is 9.47 Å². The summed E-state index contributed by atoms with van der Waals surface area (Å²) in [6.07, 6.45) is 4.75. The average molecular weight is 695 g/mol. The molecule has 3 amide bonds. The van der Waals surface area contributed by atoms with Crippen molar-refractivity contribution < 1.29 is 29.0 Å². The Hall–Kier alpha value is -3.47. The van der Waals surface area contributed by atoms with Crippen LogP contribution >= 0.6 is 15.9 Å². The number of aliphatic hydroxyl groups excluding tert-OH is 1. The molecule has 0 aromatic heterocycles. The van der Waals surface area contributed by atoms with E-state index in [9.17, 15) is 19.5 Å². The second kappa shape index (κ2) is 14.5. The minimum Gasteiger partial charge on any atom is -0.494 e. The number of likely N-dealkylation sites (tertiary alicyclic amines) is 1. The molecule has 3 fully saturated rings. The van der Waals surface area contributed by atoms with Gasteiger partial charge in [0.1, 0.15) is 17.4 Å². The number of carbonyl (C=O) groups excluding carboxylic acids is 3. The number of amides is 3. The third kappa shape index (κ3) is 5.91. The van der Waals surface area contributed by atoms with Crippen LogP contribution < -0.4 is 9.64 Å². The summed E-state index contributed by atoms with van der Waals surface area (Å²) >= 11 is 3.78. The number of benzene rings is 2. The van der Waals surface area contributed by atoms with Crippen molar-refractivity contribution in [3.05, 3.63) is 85.5 Å². The number of alkyl halides is 1. The molecule has 3 aliphatic heterocycles. The molecule has 2 aromatic rings. The van der Waals surface area contributed by atoms with Crippen LogP contribution in [0.25, 0.3) is 0 Å². The Labute approximate surface area is 280 Å². The molecule has 0 radical (unpaired) electrons. The van der Waals surface area contributed by atoms with Crippen molar-refractivity contribution in [3.8, 4) is 5.75 Å². The van der Waals surface area contributed by atoms with E-state index in [1.54, 1.807) is 22.0 Å². The Balaban J connectivity index is 1.60. The first kappa shape index (κ1) is 33.9. The van der Waals surface area contributed by atoms with Crippen LogP contribution in [0.1, 0.15) is 44.7 Å². The second-order valence-corrected chi connectivity index (χ2v) is 13.3. The van der Waals surface area contributed by atoms with Crippen molar-refractivity contribution >= 4 is 39.3 Å². The number of anilines is 1. The lowest BCUT2D eigenvalue weighted by atomic mass is 9.70. The van der Waals surface area contributed by atoms with Gasteiger partial charge < -0.3 is 29.3 Å². The number of unbranched alkanes of at least 4 members (excludes halogenated alkanes) is 1. The number of nitrogens with zero attached hydrogens (tertiary/aromatic N) is 3. The molecule has 2 bridgehead atoms. The smallest absolute Gasteiger partial charge is 0.248 e. The van der Waals surface area contributed by atoms with Gasteiger partial charge in [-0.3, -0.25) is 14.4 Å². The summed E-state index contributed by atoms with van der Waals surface area (Å²) in [5.41, 5.74) is 0.0760. The normalized spacial score (nSPS) is 26.8. The molecular weight excluding hydrogens is 650 g/mol. The standard InChI is InChI=1S/C36H44BrN3O6/c1-5-9-21-38(19-6-2)35(44)32-36-22-27(37)31(46-36)29(30(36)34(43)40(32)28(23-41)24-13-11-10-12-14-24)33(42)39(20-7-3)25-15-17-26(18-16-25)45-8-4/h6-7,10-18,27-32,41H,2-3,5,8-9,19-23H2,1,4H3/t27?,28-,29-,30+,31-,32?,36?/m1/s1. The quantitative estimate of drug-likeness (QED) is 0.211. The number of hydrogen-bond acceptors (Lipinski definition) is 6. The molecule has 5 rings (SSSR count). The van der Waals surface area contributed by atoms with Crippen LogP contribution in [0.3, 0.4) is 0 Å². The van der Waals surface area contributed by atoms with Gasteiger partial charge in [-0.15, -0.1) is 13.2 Å². The molecule has 3 heterocycles. The first-order chi connectivity index (χ1) is 22.3. The van der Waals surface area contributed by atoms with E-state index in [2.05, 4.69) is 36.0 Å². The van der Waals surface area contributed by atoms with Crippen molar-refractivity contribution in [2.45, 2.75) is 61.7 Å². The fraction of sp³-hybridized carbons (Fsp3) is 0.472. The number of rotatable bonds is 15. The Morgan fingerprint density at radius 2 is 1.80 bits per heavy atom. The fourth-order valence-electron chi connectivity index (χ4n) is 7.48. The van der Waals surface area contributed by atoms with E-state index in [-0.39, 0.29) is 29.1 Å². The molecule has 46 heavy (non-hydrogen) atoms. The van der Waals surface area contributed by atoms with Crippen LogP contribution in [0.4, 0.5) is 5.69 Å². The molecule has 9 nitrogen and oxygen atoms in total. The first-order valence-electron chi connectivity index (χ1n) is 16.1. The topological polar surface area (TPSA) is 99.6 Å². The molecule has 2 aromatic carbocycles. The highest BCUT2D eigenvalue weighted by molar-refractivity contribution is 9.09. The van der Waals surface area contributed by atoms with Gasteiger partial charge in [0.05, 0.1) is 37.2 Å². The first-order valence-corrected chi connectivity index (χ1v) is 17.0. The highest BCUT2D eigenvalue weighted by Gasteiger charge is 2.77. The van der Waals surface area contributed by atoms with Crippen molar-refractivity contribution in [3.63, 3.8) is 0 Å². The SMILES string of the molecule is C=CCN(CCCC)C(=O)C1N([C@H](CO)c2ccccc2)C(=O)[C@@H]2[C@@H](C(=O)N(CC=C)c3ccc(OCC)cc3)[C@@H]3OC12CC3Br. The Morgan fingerprint density at radius 3 is 2.41 bits per heavy atom. The monoisotopic (exact) mass is 693 g/mol. The Bertz CT molecular complexity index is 1420. The maximum atomic E-state index is 14.8. The molecule has 1 spiro atoms. The van der Waals surface area contributed by atoms with E-state index < -0.39 is 42.2 Å². The third-order valence-electron chi connectivity index (χ3n) is 9.42. The Morgan fingerprint density at radius 1 is 1.11 bits per heavy atom. The maximum absolute atomic E-state index is 14.8. The van der Waals surface area contributed by atoms with Gasteiger partial charge in [-0.25, -0.2) is 0 Å². The van der Waals surface area contributed by atoms with Gasteiger partial charge in [-0.2, -0.15) is 0 Å². The highest BCUT2D eigenvalue weighted by Crippen LogP contribution is 2.61. The number of aliphatic hydroxyl groups is 1. The molecule has 1 N–H and O–H groups in total. The summed E-state index contributed by atoms with van der Waals surface area (Å²) < 4.78 is 12.4. The van der Waals surface area contributed by atoms with E-state index in [0.717, 1.165) is 12.8 Å². The predicted molar refractivity (Wildman–Crippen MR) is 181 cm³/mol. The van der Waals surface area contributed by atoms with E-state index in [1.807, 2.05) is 61.5 Å². The molecular formula is C36H44BrN3O6. The van der Waals surface area contributed by atoms with Crippen molar-refractivity contribution in [1.82, 2.24) is 9.80 Å². The molecule has 246 valence electrons. The number of ether oxygens (including phenoxy) is 2. The van der Waals surface area contributed by atoms with Crippen LogP contribution in [-0.2, 0) is 19.1 Å². The van der Waals surface area contributed by atoms with Gasteiger partial charge in [0.15, 0.2) is 0 Å². The maximum Gasteiger partial charge on any atom is 0.248 e. The number of fused-ring (bicyclic) bond motifs is 1. The summed E-state index contributed by atoms with van der Waals surface area (Å²) in [7, 11) is 0. The van der Waals surface area contributed by atoms with Crippen LogP contribution in [0.2, 0.25) is 0 Å². The average Bonchev–Trinajstić information content (AvgIpc) is 3.66. The number of hydrogen-bond donors (Lipinski definition) is 1. The molecule has 0 aliphatic carbocycles. The van der Waals surface area contributed by atoms with Crippen LogP contribution in [0.15, 0.2) is 79.9 Å². The lowest BCUT2D eigenvalue weighted by molar-refractivity contribution is -0.151. The summed E-state index contributed by atoms with van der Waals surface area (Å²) in [5, 5.41) is 10.8. The van der Waals surface area contributed by atoms with E-state index >= 15 is 0 Å². The summed E-state index contributed by atoms with van der Waals surface area (Å²) in [6.45, 7) is 12.9. The molecule has 3 aliphatic rings. The van der Waals surface area contributed by atoms with Gasteiger partial charge in [-0.1, -0.05) is 71.8 Å². The van der Waals surface area contributed by atoms with Crippen molar-refractivity contribution in [1.29, 1.82) is 0 Å². The zero-order valence-electron chi connectivity index (χ0n) is 26.6. The van der Waals surface area contributed by atoms with Gasteiger partial charge >= 0.3 is 0 Å². The summed E-state index contributed by atoms with van der Waals surface area (Å²) in [6, 6.07) is 14.6. The highest BCUT2D eigenvalue weighted by atomic mass is 79.9. The molecule has 7 atom stereocenters. The minimum absolute atomic E-state index is 0.219. The number of carbonyl (C=O) groups is 3. The second-order valence-electron chi connectivity index (χ2n) is 12.1. The van der Waals surface area contributed by atoms with Gasteiger partial charge in [0, 0.05) is 30.1 Å². The molecule has 3 unspecified atom stereocenters. The summed E-state index contributed by atoms with van der Waals surface area (Å²) in [5.74, 6) is -2.00. The molecule has 10 heteroatoms. The fourth-order valence-corrected chi connectivity index (χ4v) is 8.43. The zero-order valence-corrected chi connectivity index (χ0v) is 28.2. The predicted octanol–water partition coefficient (Wildman–Crippen LogP) is 4.90. The van der Waals surface area contributed by atoms with Crippen LogP contribution in [-0.4, -0.2) is 88.0 Å². The van der Waals surface area contributed by atoms with Crippen LogP contribution in [0.5, 0.6) is 5.75 Å². The van der Waals surface area contributed by atoms with E-state index in [0.29, 0.717) is 43.1 Å². The Kier molecular flexibility index (Phi) is 10.7. The van der Waals surface area contributed by atoms with Crippen LogP contribution in [0, 0.1) is 11.8 Å². The summed E-state index contributed by atoms with van der Waals surface area (Å²) in [4.78, 5) is 48.8. The third-order valence-corrected chi connectivity index (χ3v) is 10.3. The lowest BCUT2D eigenvalue weighted by Crippen LogP contribution is -2.57. The number of halogens is 1. The molecule has 3 saturated heterocycles. The van der Waals surface area contributed by atoms with Gasteiger partial charge in [0.25, 0.3) is 0 Å². The minimum atomic E-state index is -1.26. The van der Waals surface area contributed by atoms with Crippen molar-refractivity contribution in [2.24, 2.45) is 11.8 Å². The zero-order chi connectivity index (χ0) is 33.0. The molecule has 0 saturated carbocycles. The van der Waals surface area contributed by atoms with Crippen molar-refractivity contribution in [2.75, 3.05) is 37.7 Å². The van der Waals surface area contributed by atoms with E-state index in [1.165, 1.54) is 4.90 Å². The lowest BCUT2D eigenvalue weighted by Gasteiger charge is -2.39. The van der Waals surface area contributed by atoms with Gasteiger partial charge in [-0.05, 0) is 49.6 Å².